The van der Waals surface area contributed by atoms with E-state index in [4.69, 9.17) is 0 Å². The predicted molar refractivity (Wildman–Crippen MR) is 111 cm³/mol. The van der Waals surface area contributed by atoms with Crippen molar-refractivity contribution in [2.45, 2.75) is 31.8 Å². The average molecular weight is 426 g/mol. The highest BCUT2D eigenvalue weighted by molar-refractivity contribution is 5.91. The molecule has 2 saturated heterocycles. The molecular weight excluding hydrogens is 399 g/mol. The summed E-state index contributed by atoms with van der Waals surface area (Å²) in [5.74, 6) is 1.08. The zero-order chi connectivity index (χ0) is 21.7. The maximum absolute atomic E-state index is 14.0. The molecule has 3 amide bonds. The fraction of sp³-hybridized carbons (Fsp3) is 0.545. The van der Waals surface area contributed by atoms with Gasteiger partial charge in [-0.1, -0.05) is 12.1 Å². The lowest BCUT2D eigenvalue weighted by Crippen LogP contribution is -2.42. The van der Waals surface area contributed by atoms with Crippen LogP contribution in [0.1, 0.15) is 40.9 Å². The van der Waals surface area contributed by atoms with E-state index in [1.165, 1.54) is 12.1 Å². The van der Waals surface area contributed by atoms with Crippen LogP contribution < -0.4 is 0 Å². The summed E-state index contributed by atoms with van der Waals surface area (Å²) in [7, 11) is 3.45. The Kier molecular flexibility index (Phi) is 4.91. The van der Waals surface area contributed by atoms with Gasteiger partial charge in [-0.25, -0.2) is 9.18 Å². The number of urea groups is 1. The molecule has 0 spiro atoms. The molecule has 1 aromatic carbocycles. The second-order valence-corrected chi connectivity index (χ2v) is 9.01. The zero-order valence-electron chi connectivity index (χ0n) is 17.9. The van der Waals surface area contributed by atoms with Crippen LogP contribution >= 0.6 is 0 Å². The Bertz CT molecular complexity index is 1020. The standard InChI is InChI=1S/C22H27FN6O2/c1-26(2)22(31)29-12-15-11-27(13-17(15)19(29)14-6-5-7-16(23)10-14)21(30)20-25-24-18-8-3-4-9-28(18)20/h5-7,10,15,17,19H,3-4,8-9,11-13H2,1-2H3/t15-,17-,19-/m1/s1. The monoisotopic (exact) mass is 426 g/mol. The molecule has 2 aromatic rings. The van der Waals surface area contributed by atoms with E-state index in [-0.39, 0.29) is 35.6 Å². The number of benzene rings is 1. The van der Waals surface area contributed by atoms with E-state index < -0.39 is 0 Å². The minimum Gasteiger partial charge on any atom is -0.335 e. The lowest BCUT2D eigenvalue weighted by Gasteiger charge is -2.31. The van der Waals surface area contributed by atoms with E-state index in [2.05, 4.69) is 10.2 Å². The van der Waals surface area contributed by atoms with Gasteiger partial charge in [0.1, 0.15) is 11.6 Å². The Hall–Kier alpha value is -2.97. The summed E-state index contributed by atoms with van der Waals surface area (Å²) >= 11 is 0. The highest BCUT2D eigenvalue weighted by atomic mass is 19.1. The summed E-state index contributed by atoms with van der Waals surface area (Å²) in [4.78, 5) is 31.4. The van der Waals surface area contributed by atoms with Gasteiger partial charge in [0.15, 0.2) is 0 Å². The summed E-state index contributed by atoms with van der Waals surface area (Å²) in [5.41, 5.74) is 0.775. The van der Waals surface area contributed by atoms with Crippen molar-refractivity contribution in [2.75, 3.05) is 33.7 Å². The highest BCUT2D eigenvalue weighted by Crippen LogP contribution is 2.45. The highest BCUT2D eigenvalue weighted by Gasteiger charge is 2.51. The first-order valence-electron chi connectivity index (χ1n) is 10.9. The lowest BCUT2D eigenvalue weighted by molar-refractivity contribution is 0.0748. The molecule has 0 saturated carbocycles. The predicted octanol–water partition coefficient (Wildman–Crippen LogP) is 2.18. The van der Waals surface area contributed by atoms with Gasteiger partial charge in [-0.2, -0.15) is 0 Å². The number of hydrogen-bond acceptors (Lipinski definition) is 4. The number of hydrogen-bond donors (Lipinski definition) is 0. The first kappa shape index (κ1) is 20.0. The SMILES string of the molecule is CN(C)C(=O)N1C[C@H]2CN(C(=O)c3nnc4n3CCCC4)C[C@H]2[C@H]1c1cccc(F)c1. The molecule has 0 bridgehead atoms. The number of fused-ring (bicyclic) bond motifs is 2. The smallest absolute Gasteiger partial charge is 0.320 e. The topological polar surface area (TPSA) is 74.6 Å². The van der Waals surface area contributed by atoms with Crippen molar-refractivity contribution < 1.29 is 14.0 Å². The van der Waals surface area contributed by atoms with E-state index in [1.54, 1.807) is 25.1 Å². The molecule has 2 fully saturated rings. The zero-order valence-corrected chi connectivity index (χ0v) is 17.9. The first-order valence-corrected chi connectivity index (χ1v) is 10.9. The normalized spacial score (nSPS) is 24.8. The van der Waals surface area contributed by atoms with Crippen LogP contribution in [0.15, 0.2) is 24.3 Å². The van der Waals surface area contributed by atoms with Crippen molar-refractivity contribution in [1.82, 2.24) is 29.5 Å². The summed E-state index contributed by atoms with van der Waals surface area (Å²) in [6.45, 7) is 2.41. The summed E-state index contributed by atoms with van der Waals surface area (Å²) < 4.78 is 16.0. The number of aromatic nitrogens is 3. The summed E-state index contributed by atoms with van der Waals surface area (Å²) in [6, 6.07) is 6.10. The molecule has 5 rings (SSSR count). The number of rotatable bonds is 2. The maximum Gasteiger partial charge on any atom is 0.320 e. The fourth-order valence-electron chi connectivity index (χ4n) is 5.39. The largest absolute Gasteiger partial charge is 0.335 e. The number of likely N-dealkylation sites (tertiary alicyclic amines) is 2. The number of halogens is 1. The molecule has 1 aromatic heterocycles. The number of carbonyl (C=O) groups excluding carboxylic acids is 2. The van der Waals surface area contributed by atoms with Crippen molar-refractivity contribution in [3.63, 3.8) is 0 Å². The van der Waals surface area contributed by atoms with Crippen LogP contribution in [0.4, 0.5) is 9.18 Å². The van der Waals surface area contributed by atoms with Gasteiger partial charge in [-0.15, -0.1) is 10.2 Å². The maximum atomic E-state index is 14.0. The Morgan fingerprint density at radius 3 is 2.74 bits per heavy atom. The molecular formula is C22H27FN6O2. The minimum absolute atomic E-state index is 0.0541. The Morgan fingerprint density at radius 2 is 1.97 bits per heavy atom. The quantitative estimate of drug-likeness (QED) is 0.738. The summed E-state index contributed by atoms with van der Waals surface area (Å²) in [5, 5.41) is 8.41. The molecule has 8 nitrogen and oxygen atoms in total. The van der Waals surface area contributed by atoms with Crippen LogP contribution in [0.2, 0.25) is 0 Å². The summed E-state index contributed by atoms with van der Waals surface area (Å²) in [6.07, 6.45) is 2.96. The Morgan fingerprint density at radius 1 is 1.13 bits per heavy atom. The van der Waals surface area contributed by atoms with Crippen LogP contribution in [0.3, 0.4) is 0 Å². The molecule has 0 N–H and O–H groups in total. The number of nitrogens with zero attached hydrogens (tertiary/aromatic N) is 6. The van der Waals surface area contributed by atoms with Gasteiger partial charge in [-0.05, 0) is 30.5 Å². The Balaban J connectivity index is 1.42. The van der Waals surface area contributed by atoms with Gasteiger partial charge in [-0.3, -0.25) is 4.79 Å². The lowest BCUT2D eigenvalue weighted by atomic mass is 9.89. The molecule has 4 heterocycles. The fourth-order valence-corrected chi connectivity index (χ4v) is 5.39. The molecule has 31 heavy (non-hydrogen) atoms. The van der Waals surface area contributed by atoms with Gasteiger partial charge in [0.25, 0.3) is 5.91 Å². The molecule has 9 heteroatoms. The van der Waals surface area contributed by atoms with Crippen molar-refractivity contribution in [1.29, 1.82) is 0 Å². The molecule has 0 unspecified atom stereocenters. The van der Waals surface area contributed by atoms with E-state index in [0.717, 1.165) is 37.2 Å². The van der Waals surface area contributed by atoms with Crippen molar-refractivity contribution in [3.05, 3.63) is 47.3 Å². The van der Waals surface area contributed by atoms with Crippen LogP contribution in [0.25, 0.3) is 0 Å². The number of carbonyl (C=O) groups is 2. The molecule has 0 aliphatic carbocycles. The molecule has 0 radical (unpaired) electrons. The first-order chi connectivity index (χ1) is 14.9. The van der Waals surface area contributed by atoms with Gasteiger partial charge in [0.2, 0.25) is 5.82 Å². The van der Waals surface area contributed by atoms with E-state index >= 15 is 0 Å². The van der Waals surface area contributed by atoms with E-state index in [9.17, 15) is 14.0 Å². The number of amides is 3. The van der Waals surface area contributed by atoms with Gasteiger partial charge in [0.05, 0.1) is 6.04 Å². The van der Waals surface area contributed by atoms with Crippen LogP contribution in [-0.2, 0) is 13.0 Å². The number of aryl methyl sites for hydroxylation is 1. The van der Waals surface area contributed by atoms with Gasteiger partial charge >= 0.3 is 6.03 Å². The van der Waals surface area contributed by atoms with Crippen LogP contribution in [-0.4, -0.2) is 75.1 Å². The molecule has 3 aliphatic rings. The third kappa shape index (κ3) is 3.36. The van der Waals surface area contributed by atoms with Crippen molar-refractivity contribution in [2.24, 2.45) is 11.8 Å². The van der Waals surface area contributed by atoms with Crippen molar-refractivity contribution in [3.8, 4) is 0 Å². The van der Waals surface area contributed by atoms with Crippen molar-refractivity contribution >= 4 is 11.9 Å². The Labute approximate surface area is 180 Å². The third-order valence-electron chi connectivity index (χ3n) is 6.82. The minimum atomic E-state index is -0.320. The van der Waals surface area contributed by atoms with Gasteiger partial charge in [0, 0.05) is 58.5 Å². The van der Waals surface area contributed by atoms with Crippen LogP contribution in [0.5, 0.6) is 0 Å². The molecule has 164 valence electrons. The molecule has 3 aliphatic heterocycles. The van der Waals surface area contributed by atoms with E-state index in [1.807, 2.05) is 20.4 Å². The average Bonchev–Trinajstić information content (AvgIpc) is 3.44. The third-order valence-corrected chi connectivity index (χ3v) is 6.82. The van der Waals surface area contributed by atoms with Gasteiger partial charge < -0.3 is 19.3 Å². The molecule has 3 atom stereocenters. The van der Waals surface area contributed by atoms with E-state index in [0.29, 0.717) is 25.5 Å². The second kappa shape index (κ2) is 7.62. The van der Waals surface area contributed by atoms with Crippen LogP contribution in [0, 0.1) is 17.7 Å². The second-order valence-electron chi connectivity index (χ2n) is 9.01.